The van der Waals surface area contributed by atoms with Crippen LogP contribution in [0.3, 0.4) is 0 Å². The molecule has 0 radical (unpaired) electrons. The molecule has 0 fully saturated rings. The number of hydrogen-bond donors (Lipinski definition) is 1. The van der Waals surface area contributed by atoms with Gasteiger partial charge in [0.15, 0.2) is 0 Å². The lowest BCUT2D eigenvalue weighted by Crippen LogP contribution is -2.08. The summed E-state index contributed by atoms with van der Waals surface area (Å²) in [5.41, 5.74) is 2.53. The number of aryl methyl sites for hydroxylation is 1. The lowest BCUT2D eigenvalue weighted by Gasteiger charge is -2.16. The molecule has 1 N–H and O–H groups in total. The van der Waals surface area contributed by atoms with Gasteiger partial charge in [-0.3, -0.25) is 0 Å². The summed E-state index contributed by atoms with van der Waals surface area (Å²) >= 11 is 6.73. The molecular weight excluding hydrogens is 455 g/mol. The van der Waals surface area contributed by atoms with E-state index in [0.29, 0.717) is 44.3 Å². The molecule has 5 nitrogen and oxygen atoms in total. The van der Waals surface area contributed by atoms with Gasteiger partial charge in [-0.2, -0.15) is 13.2 Å². The minimum absolute atomic E-state index is 0.231. The van der Waals surface area contributed by atoms with Gasteiger partial charge in [-0.15, -0.1) is 0 Å². The smallest absolute Gasteiger partial charge is 0.416 e. The van der Waals surface area contributed by atoms with Crippen LogP contribution in [-0.2, 0) is 19.6 Å². The molecule has 0 saturated carbocycles. The van der Waals surface area contributed by atoms with Gasteiger partial charge in [0.05, 0.1) is 23.2 Å². The number of aliphatic hydroxyl groups excluding tert-OH is 1. The Kier molecular flexibility index (Phi) is 6.07. The first kappa shape index (κ1) is 23.1. The summed E-state index contributed by atoms with van der Waals surface area (Å²) in [6, 6.07) is 10.1. The molecule has 0 spiro atoms. The topological polar surface area (TPSA) is 60.2 Å². The number of rotatable bonds is 5. The van der Waals surface area contributed by atoms with Gasteiger partial charge in [0.2, 0.25) is 5.88 Å². The molecule has 0 bridgehead atoms. The van der Waals surface area contributed by atoms with Crippen molar-refractivity contribution in [1.29, 1.82) is 0 Å². The molecule has 4 rings (SSSR count). The summed E-state index contributed by atoms with van der Waals surface area (Å²) < 4.78 is 45.9. The number of imidazole rings is 1. The molecular formula is C24H21ClF3N3O2. The van der Waals surface area contributed by atoms with Gasteiger partial charge in [0.25, 0.3) is 0 Å². The van der Waals surface area contributed by atoms with Crippen molar-refractivity contribution in [3.8, 4) is 5.88 Å². The average molecular weight is 476 g/mol. The number of nitrogens with zero attached hydrogens (tertiary/aromatic N) is 3. The molecule has 1 unspecified atom stereocenters. The molecule has 0 amide bonds. The highest BCUT2D eigenvalue weighted by Crippen LogP contribution is 2.36. The van der Waals surface area contributed by atoms with Crippen LogP contribution in [-0.4, -0.2) is 26.8 Å². The second kappa shape index (κ2) is 8.68. The van der Waals surface area contributed by atoms with Crippen molar-refractivity contribution < 1.29 is 23.0 Å². The quantitative estimate of drug-likeness (QED) is 0.406. The van der Waals surface area contributed by atoms with Gasteiger partial charge in [0, 0.05) is 36.3 Å². The van der Waals surface area contributed by atoms with Crippen LogP contribution < -0.4 is 4.74 Å². The average Bonchev–Trinajstić information content (AvgIpc) is 3.12. The lowest BCUT2D eigenvalue weighted by molar-refractivity contribution is -0.137. The normalized spacial score (nSPS) is 12.8. The van der Waals surface area contributed by atoms with E-state index in [1.165, 1.54) is 19.2 Å². The van der Waals surface area contributed by atoms with Crippen LogP contribution in [0.25, 0.3) is 10.9 Å². The first-order valence-corrected chi connectivity index (χ1v) is 10.5. The van der Waals surface area contributed by atoms with E-state index in [0.717, 1.165) is 17.8 Å². The Balaban J connectivity index is 1.75. The molecule has 2 aromatic heterocycles. The summed E-state index contributed by atoms with van der Waals surface area (Å²) in [4.78, 5) is 8.80. The third-order valence-electron chi connectivity index (χ3n) is 5.67. The number of aromatic nitrogens is 3. The van der Waals surface area contributed by atoms with Crippen molar-refractivity contribution in [3.05, 3.63) is 87.5 Å². The molecule has 172 valence electrons. The number of halogens is 4. The predicted molar refractivity (Wildman–Crippen MR) is 120 cm³/mol. The van der Waals surface area contributed by atoms with E-state index in [1.807, 2.05) is 14.0 Å². The Bertz CT molecular complexity index is 1320. The van der Waals surface area contributed by atoms with Crippen LogP contribution in [0.1, 0.15) is 39.9 Å². The van der Waals surface area contributed by atoms with E-state index >= 15 is 0 Å². The first-order valence-electron chi connectivity index (χ1n) is 10.1. The summed E-state index contributed by atoms with van der Waals surface area (Å²) in [5.74, 6) is 0.787. The third-order valence-corrected chi connectivity index (χ3v) is 6.11. The zero-order chi connectivity index (χ0) is 23.9. The maximum atomic E-state index is 12.9. The monoisotopic (exact) mass is 475 g/mol. The van der Waals surface area contributed by atoms with Gasteiger partial charge in [-0.05, 0) is 42.3 Å². The second-order valence-corrected chi connectivity index (χ2v) is 8.16. The van der Waals surface area contributed by atoms with Gasteiger partial charge in [-0.1, -0.05) is 29.8 Å². The van der Waals surface area contributed by atoms with Crippen LogP contribution >= 0.6 is 11.6 Å². The van der Waals surface area contributed by atoms with E-state index in [4.69, 9.17) is 16.3 Å². The highest BCUT2D eigenvalue weighted by molar-refractivity contribution is 6.36. The summed E-state index contributed by atoms with van der Waals surface area (Å²) in [6.07, 6.45) is -3.46. The molecule has 0 aliphatic carbocycles. The first-order chi connectivity index (χ1) is 15.6. The van der Waals surface area contributed by atoms with Crippen LogP contribution in [0.4, 0.5) is 13.2 Å². The maximum absolute atomic E-state index is 12.9. The van der Waals surface area contributed by atoms with Crippen LogP contribution in [0.15, 0.2) is 48.7 Å². The largest absolute Gasteiger partial charge is 0.481 e. The maximum Gasteiger partial charge on any atom is 0.416 e. The molecule has 0 aliphatic heterocycles. The van der Waals surface area contributed by atoms with Crippen LogP contribution in [0.2, 0.25) is 5.02 Å². The number of ether oxygens (including phenoxy) is 1. The fourth-order valence-corrected chi connectivity index (χ4v) is 3.98. The van der Waals surface area contributed by atoms with Crippen LogP contribution in [0, 0.1) is 6.92 Å². The van der Waals surface area contributed by atoms with Crippen molar-refractivity contribution in [2.45, 2.75) is 25.6 Å². The number of pyridine rings is 1. The molecule has 9 heteroatoms. The highest BCUT2D eigenvalue weighted by Gasteiger charge is 2.30. The number of benzene rings is 2. The number of fused-ring (bicyclic) bond motifs is 1. The van der Waals surface area contributed by atoms with Crippen molar-refractivity contribution in [1.82, 2.24) is 14.5 Å². The van der Waals surface area contributed by atoms with Crippen molar-refractivity contribution in [3.63, 3.8) is 0 Å². The van der Waals surface area contributed by atoms with E-state index in [2.05, 4.69) is 9.97 Å². The minimum atomic E-state index is -4.40. The number of methoxy groups -OCH3 is 1. The Morgan fingerprint density at radius 1 is 1.15 bits per heavy atom. The molecule has 2 aromatic carbocycles. The molecule has 0 aliphatic rings. The van der Waals surface area contributed by atoms with Gasteiger partial charge >= 0.3 is 6.18 Å². The van der Waals surface area contributed by atoms with Crippen LogP contribution in [0.5, 0.6) is 5.88 Å². The molecule has 33 heavy (non-hydrogen) atoms. The minimum Gasteiger partial charge on any atom is -0.481 e. The predicted octanol–water partition coefficient (Wildman–Crippen LogP) is 5.63. The Hall–Kier alpha value is -3.10. The fourth-order valence-electron chi connectivity index (χ4n) is 3.68. The second-order valence-electron chi connectivity index (χ2n) is 7.78. The fraction of sp³-hybridized carbons (Fsp3) is 0.250. The van der Waals surface area contributed by atoms with Gasteiger partial charge in [0.1, 0.15) is 11.9 Å². The third kappa shape index (κ3) is 4.41. The number of aliphatic hydroxyl groups is 1. The van der Waals surface area contributed by atoms with Crippen molar-refractivity contribution in [2.75, 3.05) is 7.11 Å². The number of hydrogen-bond acceptors (Lipinski definition) is 4. The lowest BCUT2D eigenvalue weighted by atomic mass is 10.0. The van der Waals surface area contributed by atoms with E-state index in [-0.39, 0.29) is 6.42 Å². The summed E-state index contributed by atoms with van der Waals surface area (Å²) in [5, 5.41) is 11.8. The molecule has 2 heterocycles. The van der Waals surface area contributed by atoms with E-state index in [9.17, 15) is 18.3 Å². The highest BCUT2D eigenvalue weighted by atomic mass is 35.5. The van der Waals surface area contributed by atoms with E-state index < -0.39 is 17.8 Å². The van der Waals surface area contributed by atoms with Crippen molar-refractivity contribution in [2.24, 2.45) is 7.05 Å². The molecule has 1 atom stereocenters. The SMILES string of the molecule is COc1nc2ccc(C(O)c3ncc(C)n3C)cc2c(Cl)c1Cc1ccc(C(F)(F)F)cc1. The van der Waals surface area contributed by atoms with E-state index in [1.54, 1.807) is 29.0 Å². The Labute approximate surface area is 193 Å². The summed E-state index contributed by atoms with van der Waals surface area (Å²) in [7, 11) is 3.28. The zero-order valence-corrected chi connectivity index (χ0v) is 18.9. The van der Waals surface area contributed by atoms with Gasteiger partial charge in [-0.25, -0.2) is 9.97 Å². The molecule has 0 saturated heterocycles. The Morgan fingerprint density at radius 2 is 1.85 bits per heavy atom. The standard InChI is InChI=1S/C24H21ClF3N3O2/c1-13-12-29-22(31(13)2)21(32)15-6-9-19-17(11-15)20(25)18(23(30-19)33-3)10-14-4-7-16(8-5-14)24(26,27)28/h4-9,11-12,21,32H,10H2,1-3H3. The zero-order valence-electron chi connectivity index (χ0n) is 18.1. The molecule has 4 aromatic rings. The summed E-state index contributed by atoms with van der Waals surface area (Å²) in [6.45, 7) is 1.89. The van der Waals surface area contributed by atoms with Gasteiger partial charge < -0.3 is 14.4 Å². The van der Waals surface area contributed by atoms with Crippen molar-refractivity contribution >= 4 is 22.5 Å². The Morgan fingerprint density at radius 3 is 2.42 bits per heavy atom. The number of alkyl halides is 3.